The van der Waals surface area contributed by atoms with Gasteiger partial charge in [-0.25, -0.2) is 0 Å². The SMILES string of the molecule is O=C1C=C(OS(=O)(=O)C(F)(F)F)CN(Cc2ccccc2)C1. The van der Waals surface area contributed by atoms with Crippen molar-refractivity contribution in [1.29, 1.82) is 0 Å². The number of hydrogen-bond donors (Lipinski definition) is 0. The average Bonchev–Trinajstić information content (AvgIpc) is 2.37. The summed E-state index contributed by atoms with van der Waals surface area (Å²) in [6, 6.07) is 8.94. The van der Waals surface area contributed by atoms with Gasteiger partial charge in [0.2, 0.25) is 0 Å². The molecule has 0 aromatic heterocycles. The van der Waals surface area contributed by atoms with Crippen LogP contribution in [-0.4, -0.2) is 37.7 Å². The van der Waals surface area contributed by atoms with E-state index < -0.39 is 27.2 Å². The molecule has 1 aromatic carbocycles. The molecule has 0 amide bonds. The predicted octanol–water partition coefficient (Wildman–Crippen LogP) is 1.82. The van der Waals surface area contributed by atoms with Gasteiger partial charge in [-0.3, -0.25) is 9.69 Å². The highest BCUT2D eigenvalue weighted by Crippen LogP contribution is 2.27. The fraction of sp³-hybridized carbons (Fsp3) is 0.308. The highest BCUT2D eigenvalue weighted by Gasteiger charge is 2.49. The summed E-state index contributed by atoms with van der Waals surface area (Å²) in [5, 5.41) is 0. The van der Waals surface area contributed by atoms with Crippen LogP contribution < -0.4 is 0 Å². The first-order valence-corrected chi connectivity index (χ1v) is 7.58. The van der Waals surface area contributed by atoms with Gasteiger partial charge >= 0.3 is 15.6 Å². The Balaban J connectivity index is 2.09. The van der Waals surface area contributed by atoms with Gasteiger partial charge in [0.1, 0.15) is 5.76 Å². The molecule has 1 aliphatic heterocycles. The molecule has 120 valence electrons. The van der Waals surface area contributed by atoms with Crippen LogP contribution in [-0.2, 0) is 25.6 Å². The van der Waals surface area contributed by atoms with Crippen LogP contribution in [0.3, 0.4) is 0 Å². The third kappa shape index (κ3) is 4.08. The molecule has 0 fully saturated rings. The molecule has 0 saturated heterocycles. The van der Waals surface area contributed by atoms with Gasteiger partial charge in [0.15, 0.2) is 5.78 Å². The van der Waals surface area contributed by atoms with Gasteiger partial charge in [0.25, 0.3) is 0 Å². The Labute approximate surface area is 125 Å². The predicted molar refractivity (Wildman–Crippen MR) is 70.9 cm³/mol. The lowest BCUT2D eigenvalue weighted by Gasteiger charge is -2.26. The minimum absolute atomic E-state index is 0.0200. The summed E-state index contributed by atoms with van der Waals surface area (Å²) in [5.41, 5.74) is -4.69. The topological polar surface area (TPSA) is 63.7 Å². The third-order valence-electron chi connectivity index (χ3n) is 2.83. The van der Waals surface area contributed by atoms with E-state index in [0.717, 1.165) is 11.6 Å². The Morgan fingerprint density at radius 1 is 1.14 bits per heavy atom. The number of alkyl halides is 3. The Morgan fingerprint density at radius 2 is 1.77 bits per heavy atom. The molecule has 0 saturated carbocycles. The highest BCUT2D eigenvalue weighted by atomic mass is 32.2. The maximum Gasteiger partial charge on any atom is 0.534 e. The molecule has 22 heavy (non-hydrogen) atoms. The van der Waals surface area contributed by atoms with E-state index in [-0.39, 0.29) is 13.1 Å². The van der Waals surface area contributed by atoms with Crippen LogP contribution in [0.5, 0.6) is 0 Å². The van der Waals surface area contributed by atoms with Crippen LogP contribution in [0.4, 0.5) is 13.2 Å². The van der Waals surface area contributed by atoms with E-state index in [1.165, 1.54) is 4.90 Å². The molecule has 0 atom stereocenters. The summed E-state index contributed by atoms with van der Waals surface area (Å²) < 4.78 is 62.8. The monoisotopic (exact) mass is 335 g/mol. The van der Waals surface area contributed by atoms with Crippen molar-refractivity contribution in [1.82, 2.24) is 4.90 Å². The number of carbonyl (C=O) groups excluding carboxylic acids is 1. The molecule has 1 aliphatic rings. The van der Waals surface area contributed by atoms with Crippen LogP contribution >= 0.6 is 0 Å². The third-order valence-corrected chi connectivity index (χ3v) is 3.83. The van der Waals surface area contributed by atoms with Gasteiger partial charge in [0.05, 0.1) is 13.1 Å². The van der Waals surface area contributed by atoms with Crippen molar-refractivity contribution in [2.75, 3.05) is 13.1 Å². The summed E-state index contributed by atoms with van der Waals surface area (Å²) in [7, 11) is -5.76. The maximum atomic E-state index is 12.3. The number of carbonyl (C=O) groups is 1. The fourth-order valence-electron chi connectivity index (χ4n) is 1.96. The van der Waals surface area contributed by atoms with Crippen molar-refractivity contribution < 1.29 is 30.6 Å². The van der Waals surface area contributed by atoms with Gasteiger partial charge in [-0.1, -0.05) is 30.3 Å². The Bertz CT molecular complexity index is 683. The van der Waals surface area contributed by atoms with Crippen molar-refractivity contribution >= 4 is 15.9 Å². The van der Waals surface area contributed by atoms with Gasteiger partial charge in [-0.15, -0.1) is 0 Å². The fourth-order valence-corrected chi connectivity index (χ4v) is 2.44. The normalized spacial score (nSPS) is 17.2. The molecule has 0 N–H and O–H groups in total. The van der Waals surface area contributed by atoms with Crippen molar-refractivity contribution in [3.63, 3.8) is 0 Å². The number of halogens is 3. The largest absolute Gasteiger partial charge is 0.534 e. The van der Waals surface area contributed by atoms with Gasteiger partial charge in [-0.2, -0.15) is 21.6 Å². The molecule has 0 unspecified atom stereocenters. The van der Waals surface area contributed by atoms with E-state index in [9.17, 15) is 26.4 Å². The van der Waals surface area contributed by atoms with Crippen molar-refractivity contribution in [2.24, 2.45) is 0 Å². The lowest BCUT2D eigenvalue weighted by Crippen LogP contribution is -2.37. The van der Waals surface area contributed by atoms with Gasteiger partial charge < -0.3 is 4.18 Å². The molecule has 1 heterocycles. The van der Waals surface area contributed by atoms with E-state index >= 15 is 0 Å². The van der Waals surface area contributed by atoms with Crippen molar-refractivity contribution in [3.05, 3.63) is 47.7 Å². The summed E-state index contributed by atoms with van der Waals surface area (Å²) in [6.45, 7) is 0.0725. The Morgan fingerprint density at radius 3 is 2.36 bits per heavy atom. The van der Waals surface area contributed by atoms with Crippen LogP contribution in [0, 0.1) is 0 Å². The molecule has 0 radical (unpaired) electrons. The number of nitrogens with zero attached hydrogens (tertiary/aromatic N) is 1. The number of benzene rings is 1. The van der Waals surface area contributed by atoms with Crippen molar-refractivity contribution in [3.8, 4) is 0 Å². The summed E-state index contributed by atoms with van der Waals surface area (Å²) in [4.78, 5) is 13.0. The minimum Gasteiger partial charge on any atom is -0.379 e. The molecule has 1 aromatic rings. The first-order valence-electron chi connectivity index (χ1n) is 6.18. The quantitative estimate of drug-likeness (QED) is 0.620. The molecular formula is C13H12F3NO4S. The number of ketones is 1. The molecule has 0 aliphatic carbocycles. The summed E-state index contributed by atoms with van der Waals surface area (Å²) in [6.07, 6.45) is 0.783. The van der Waals surface area contributed by atoms with Crippen LogP contribution in [0.1, 0.15) is 5.56 Å². The second kappa shape index (κ2) is 6.09. The average molecular weight is 335 g/mol. The molecular weight excluding hydrogens is 323 g/mol. The standard InChI is InChI=1S/C13H12F3NO4S/c14-13(15,16)22(19,20)21-12-6-11(18)8-17(9-12)7-10-4-2-1-3-5-10/h1-6H,7-9H2. The second-order valence-corrected chi connectivity index (χ2v) is 6.23. The second-order valence-electron chi connectivity index (χ2n) is 4.69. The molecule has 5 nitrogen and oxygen atoms in total. The number of hydrogen-bond acceptors (Lipinski definition) is 5. The van der Waals surface area contributed by atoms with Crippen molar-refractivity contribution in [2.45, 2.75) is 12.1 Å². The molecule has 0 spiro atoms. The van der Waals surface area contributed by atoms with E-state index in [2.05, 4.69) is 4.18 Å². The molecule has 0 bridgehead atoms. The molecule has 2 rings (SSSR count). The van der Waals surface area contributed by atoms with Crippen LogP contribution in [0.25, 0.3) is 0 Å². The van der Waals surface area contributed by atoms with Crippen LogP contribution in [0.2, 0.25) is 0 Å². The van der Waals surface area contributed by atoms with E-state index in [1.54, 1.807) is 30.3 Å². The van der Waals surface area contributed by atoms with Crippen LogP contribution in [0.15, 0.2) is 42.2 Å². The minimum atomic E-state index is -5.76. The van der Waals surface area contributed by atoms with E-state index in [1.807, 2.05) is 0 Å². The summed E-state index contributed by atoms with van der Waals surface area (Å²) >= 11 is 0. The first-order chi connectivity index (χ1) is 10.2. The Hall–Kier alpha value is -1.87. The summed E-state index contributed by atoms with van der Waals surface area (Å²) in [5.74, 6) is -1.06. The van der Waals surface area contributed by atoms with Gasteiger partial charge in [0, 0.05) is 12.6 Å². The lowest BCUT2D eigenvalue weighted by molar-refractivity contribution is -0.116. The van der Waals surface area contributed by atoms with E-state index in [0.29, 0.717) is 6.54 Å². The Kier molecular flexibility index (Phi) is 4.57. The van der Waals surface area contributed by atoms with E-state index in [4.69, 9.17) is 0 Å². The molecule has 9 heteroatoms. The zero-order chi connectivity index (χ0) is 16.4. The number of rotatable bonds is 4. The zero-order valence-electron chi connectivity index (χ0n) is 11.2. The first kappa shape index (κ1) is 16.5. The smallest absolute Gasteiger partial charge is 0.379 e. The van der Waals surface area contributed by atoms with Gasteiger partial charge in [-0.05, 0) is 5.56 Å². The highest BCUT2D eigenvalue weighted by molar-refractivity contribution is 7.87. The maximum absolute atomic E-state index is 12.3. The lowest BCUT2D eigenvalue weighted by atomic mass is 10.1. The zero-order valence-corrected chi connectivity index (χ0v) is 12.0.